The van der Waals surface area contributed by atoms with Gasteiger partial charge < -0.3 is 29.6 Å². The van der Waals surface area contributed by atoms with Crippen molar-refractivity contribution in [3.8, 4) is 23.0 Å². The number of hydrogen-bond acceptors (Lipinski definition) is 6. The maximum atomic E-state index is 12.6. The van der Waals surface area contributed by atoms with E-state index in [0.717, 1.165) is 17.1 Å². The number of carbonyl (C=O) groups is 1. The topological polar surface area (TPSA) is 78.1 Å². The second-order valence-electron chi connectivity index (χ2n) is 6.33. The van der Waals surface area contributed by atoms with E-state index in [-0.39, 0.29) is 12.7 Å². The Labute approximate surface area is 168 Å². The minimum absolute atomic E-state index is 0.242. The average molecular weight is 392 g/mol. The lowest BCUT2D eigenvalue weighted by Crippen LogP contribution is -2.12. The van der Waals surface area contributed by atoms with Crippen molar-refractivity contribution < 1.29 is 23.7 Å². The Balaban J connectivity index is 1.43. The molecule has 29 heavy (non-hydrogen) atoms. The molecule has 148 valence electrons. The van der Waals surface area contributed by atoms with E-state index in [1.807, 2.05) is 42.5 Å². The Morgan fingerprint density at radius 1 is 0.793 bits per heavy atom. The van der Waals surface area contributed by atoms with Crippen LogP contribution in [-0.4, -0.2) is 26.9 Å². The van der Waals surface area contributed by atoms with Gasteiger partial charge in [0.1, 0.15) is 11.5 Å². The lowest BCUT2D eigenvalue weighted by atomic mass is 10.1. The molecule has 1 heterocycles. The maximum Gasteiger partial charge on any atom is 0.255 e. The Kier molecular flexibility index (Phi) is 5.11. The quantitative estimate of drug-likeness (QED) is 0.646. The zero-order chi connectivity index (χ0) is 20.2. The largest absolute Gasteiger partial charge is 0.497 e. The molecule has 7 heteroatoms. The SMILES string of the molecule is COc1cc(OC)cc(C(=O)Nc2ccc(Nc3ccc4c(c3)OCO4)cc2)c1. The second kappa shape index (κ2) is 8.02. The predicted molar refractivity (Wildman–Crippen MR) is 110 cm³/mol. The van der Waals surface area contributed by atoms with Gasteiger partial charge in [0.15, 0.2) is 11.5 Å². The van der Waals surface area contributed by atoms with Crippen LogP contribution in [0.1, 0.15) is 10.4 Å². The van der Waals surface area contributed by atoms with E-state index >= 15 is 0 Å². The molecular formula is C22H20N2O5. The molecule has 0 aliphatic carbocycles. The fourth-order valence-electron chi connectivity index (χ4n) is 2.92. The molecule has 3 aromatic rings. The van der Waals surface area contributed by atoms with Gasteiger partial charge in [-0.2, -0.15) is 0 Å². The molecule has 7 nitrogen and oxygen atoms in total. The van der Waals surface area contributed by atoms with Gasteiger partial charge in [0, 0.05) is 34.8 Å². The van der Waals surface area contributed by atoms with Crippen LogP contribution >= 0.6 is 0 Å². The molecule has 1 aliphatic heterocycles. The molecule has 0 spiro atoms. The normalized spacial score (nSPS) is 11.7. The highest BCUT2D eigenvalue weighted by molar-refractivity contribution is 6.04. The monoisotopic (exact) mass is 392 g/mol. The zero-order valence-electron chi connectivity index (χ0n) is 16.0. The van der Waals surface area contributed by atoms with Crippen LogP contribution in [0.25, 0.3) is 0 Å². The third-order valence-corrected chi connectivity index (χ3v) is 4.42. The maximum absolute atomic E-state index is 12.6. The van der Waals surface area contributed by atoms with Crippen LogP contribution in [-0.2, 0) is 0 Å². The first-order valence-electron chi connectivity index (χ1n) is 8.96. The van der Waals surface area contributed by atoms with Gasteiger partial charge in [-0.1, -0.05) is 0 Å². The number of methoxy groups -OCH3 is 2. The molecule has 0 atom stereocenters. The highest BCUT2D eigenvalue weighted by atomic mass is 16.7. The summed E-state index contributed by atoms with van der Waals surface area (Å²) in [7, 11) is 3.09. The van der Waals surface area contributed by atoms with Gasteiger partial charge in [0.2, 0.25) is 6.79 Å². The fraction of sp³-hybridized carbons (Fsp3) is 0.136. The van der Waals surface area contributed by atoms with Crippen molar-refractivity contribution >= 4 is 23.0 Å². The number of rotatable bonds is 6. The number of amides is 1. The zero-order valence-corrected chi connectivity index (χ0v) is 16.0. The van der Waals surface area contributed by atoms with Crippen LogP contribution in [0.3, 0.4) is 0 Å². The Bertz CT molecular complexity index is 1010. The van der Waals surface area contributed by atoms with E-state index < -0.39 is 0 Å². The van der Waals surface area contributed by atoms with Gasteiger partial charge in [-0.25, -0.2) is 0 Å². The van der Waals surface area contributed by atoms with Crippen LogP contribution in [0.4, 0.5) is 17.1 Å². The van der Waals surface area contributed by atoms with E-state index in [9.17, 15) is 4.79 Å². The molecule has 4 rings (SSSR count). The molecule has 0 radical (unpaired) electrons. The number of fused-ring (bicyclic) bond motifs is 1. The van der Waals surface area contributed by atoms with Gasteiger partial charge in [0.25, 0.3) is 5.91 Å². The molecule has 0 saturated carbocycles. The van der Waals surface area contributed by atoms with Crippen LogP contribution in [0.5, 0.6) is 23.0 Å². The number of nitrogens with one attached hydrogen (secondary N) is 2. The molecule has 1 aliphatic rings. The Hall–Kier alpha value is -3.87. The summed E-state index contributed by atoms with van der Waals surface area (Å²) in [6.45, 7) is 0.242. The Morgan fingerprint density at radius 2 is 1.41 bits per heavy atom. The minimum atomic E-state index is -0.251. The van der Waals surface area contributed by atoms with Crippen molar-refractivity contribution in [2.75, 3.05) is 31.6 Å². The smallest absolute Gasteiger partial charge is 0.255 e. The minimum Gasteiger partial charge on any atom is -0.497 e. The van der Waals surface area contributed by atoms with Crippen LogP contribution in [0, 0.1) is 0 Å². The lowest BCUT2D eigenvalue weighted by Gasteiger charge is -2.11. The summed E-state index contributed by atoms with van der Waals surface area (Å²) in [6, 6.07) is 18.1. The third kappa shape index (κ3) is 4.19. The molecule has 2 N–H and O–H groups in total. The summed E-state index contributed by atoms with van der Waals surface area (Å²) < 4.78 is 21.1. The van der Waals surface area contributed by atoms with Crippen LogP contribution < -0.4 is 29.6 Å². The van der Waals surface area contributed by atoms with E-state index in [0.29, 0.717) is 28.5 Å². The van der Waals surface area contributed by atoms with Gasteiger partial charge in [0.05, 0.1) is 14.2 Å². The number of ether oxygens (including phenoxy) is 4. The van der Waals surface area contributed by atoms with E-state index in [1.165, 1.54) is 0 Å². The summed E-state index contributed by atoms with van der Waals surface area (Å²) in [5, 5.41) is 6.17. The van der Waals surface area contributed by atoms with Gasteiger partial charge >= 0.3 is 0 Å². The van der Waals surface area contributed by atoms with Gasteiger partial charge in [-0.15, -0.1) is 0 Å². The van der Waals surface area contributed by atoms with Crippen molar-refractivity contribution in [1.82, 2.24) is 0 Å². The summed E-state index contributed by atoms with van der Waals surface area (Å²) in [4.78, 5) is 12.6. The number of carbonyl (C=O) groups excluding carboxylic acids is 1. The standard InChI is InChI=1S/C22H20N2O5/c1-26-18-9-14(10-19(12-18)27-2)22(25)24-16-5-3-15(4-6-16)23-17-7-8-20-21(11-17)29-13-28-20/h3-12,23H,13H2,1-2H3,(H,24,25). The first kappa shape index (κ1) is 18.5. The first-order valence-corrected chi connectivity index (χ1v) is 8.96. The molecule has 0 saturated heterocycles. The Morgan fingerprint density at radius 3 is 2.10 bits per heavy atom. The predicted octanol–water partition coefficient (Wildman–Crippen LogP) is 4.43. The van der Waals surface area contributed by atoms with Crippen molar-refractivity contribution in [3.05, 3.63) is 66.2 Å². The van der Waals surface area contributed by atoms with E-state index in [2.05, 4.69) is 10.6 Å². The van der Waals surface area contributed by atoms with Crippen molar-refractivity contribution in [2.24, 2.45) is 0 Å². The number of benzene rings is 3. The van der Waals surface area contributed by atoms with Crippen molar-refractivity contribution in [3.63, 3.8) is 0 Å². The fourth-order valence-corrected chi connectivity index (χ4v) is 2.92. The summed E-state index contributed by atoms with van der Waals surface area (Å²) in [5.74, 6) is 2.31. The summed E-state index contributed by atoms with van der Waals surface area (Å²) in [5.41, 5.74) is 2.89. The second-order valence-corrected chi connectivity index (χ2v) is 6.33. The average Bonchev–Trinajstić information content (AvgIpc) is 3.22. The van der Waals surface area contributed by atoms with E-state index in [1.54, 1.807) is 32.4 Å². The van der Waals surface area contributed by atoms with E-state index in [4.69, 9.17) is 18.9 Å². The first-order chi connectivity index (χ1) is 14.1. The molecule has 3 aromatic carbocycles. The highest BCUT2D eigenvalue weighted by Crippen LogP contribution is 2.35. The molecule has 1 amide bonds. The molecule has 0 aromatic heterocycles. The van der Waals surface area contributed by atoms with Gasteiger partial charge in [-0.05, 0) is 48.5 Å². The van der Waals surface area contributed by atoms with Crippen molar-refractivity contribution in [2.45, 2.75) is 0 Å². The third-order valence-electron chi connectivity index (χ3n) is 4.42. The molecular weight excluding hydrogens is 372 g/mol. The molecule has 0 unspecified atom stereocenters. The summed E-state index contributed by atoms with van der Waals surface area (Å²) >= 11 is 0. The van der Waals surface area contributed by atoms with Crippen LogP contribution in [0.2, 0.25) is 0 Å². The van der Waals surface area contributed by atoms with Crippen molar-refractivity contribution in [1.29, 1.82) is 0 Å². The molecule has 0 bridgehead atoms. The van der Waals surface area contributed by atoms with Crippen LogP contribution in [0.15, 0.2) is 60.7 Å². The molecule has 0 fully saturated rings. The lowest BCUT2D eigenvalue weighted by molar-refractivity contribution is 0.102. The number of hydrogen-bond donors (Lipinski definition) is 2. The number of anilines is 3. The van der Waals surface area contributed by atoms with Gasteiger partial charge in [-0.3, -0.25) is 4.79 Å². The highest BCUT2D eigenvalue weighted by Gasteiger charge is 2.13. The summed E-state index contributed by atoms with van der Waals surface area (Å²) in [6.07, 6.45) is 0.